The van der Waals surface area contributed by atoms with Crippen LogP contribution in [-0.4, -0.2) is 22.9 Å². The second-order valence-corrected chi connectivity index (χ2v) is 4.96. The van der Waals surface area contributed by atoms with Crippen molar-refractivity contribution in [3.8, 4) is 0 Å². The number of hydrogen-bond acceptors (Lipinski definition) is 5. The van der Waals surface area contributed by atoms with Gasteiger partial charge in [0.15, 0.2) is 0 Å². The van der Waals surface area contributed by atoms with Crippen molar-refractivity contribution >= 4 is 29.3 Å². The van der Waals surface area contributed by atoms with Gasteiger partial charge in [-0.2, -0.15) is 0 Å². The fraction of sp³-hybridized carbons (Fsp3) is 0.200. The molecule has 1 fully saturated rings. The topological polar surface area (TPSA) is 92.5 Å². The van der Waals surface area contributed by atoms with E-state index in [1.54, 1.807) is 31.2 Å². The lowest BCUT2D eigenvalue weighted by Crippen LogP contribution is -2.28. The molecule has 2 aromatic rings. The third-order valence-electron chi connectivity index (χ3n) is 3.28. The largest absolute Gasteiger partial charge is 0.338 e. The fourth-order valence-electron chi connectivity index (χ4n) is 2.26. The molecule has 1 saturated heterocycles. The first kappa shape index (κ1) is 14.0. The molecule has 7 nitrogen and oxygen atoms in total. The van der Waals surface area contributed by atoms with Crippen LogP contribution >= 0.6 is 0 Å². The zero-order chi connectivity index (χ0) is 15.7. The smallest absolute Gasteiger partial charge is 0.258 e. The van der Waals surface area contributed by atoms with Crippen molar-refractivity contribution in [3.63, 3.8) is 0 Å². The Balaban J connectivity index is 1.83. The minimum atomic E-state index is -0.405. The van der Waals surface area contributed by atoms with Crippen molar-refractivity contribution in [2.75, 3.05) is 10.2 Å². The molecule has 1 N–H and O–H groups in total. The Labute approximate surface area is 125 Å². The van der Waals surface area contributed by atoms with Crippen molar-refractivity contribution in [1.82, 2.24) is 5.16 Å². The molecule has 2 heterocycles. The lowest BCUT2D eigenvalue weighted by atomic mass is 10.1. The van der Waals surface area contributed by atoms with Gasteiger partial charge >= 0.3 is 0 Å². The quantitative estimate of drug-likeness (QED) is 0.874. The summed E-state index contributed by atoms with van der Waals surface area (Å²) >= 11 is 0. The van der Waals surface area contributed by atoms with Gasteiger partial charge in [0.25, 0.3) is 5.91 Å². The number of amides is 3. The van der Waals surface area contributed by atoms with Crippen molar-refractivity contribution in [2.24, 2.45) is 0 Å². The van der Waals surface area contributed by atoms with E-state index >= 15 is 0 Å². The van der Waals surface area contributed by atoms with Gasteiger partial charge in [0, 0.05) is 24.5 Å². The number of aromatic nitrogens is 1. The molecule has 3 amide bonds. The highest BCUT2D eigenvalue weighted by molar-refractivity contribution is 6.20. The summed E-state index contributed by atoms with van der Waals surface area (Å²) in [5.41, 5.74) is 1.37. The molecule has 0 radical (unpaired) electrons. The Morgan fingerprint density at radius 2 is 1.95 bits per heavy atom. The summed E-state index contributed by atoms with van der Waals surface area (Å²) in [6, 6.07) is 7.92. The number of hydrogen-bond donors (Lipinski definition) is 1. The molecule has 22 heavy (non-hydrogen) atoms. The van der Waals surface area contributed by atoms with Gasteiger partial charge in [0.05, 0.1) is 11.4 Å². The normalized spacial score (nSPS) is 14.5. The van der Waals surface area contributed by atoms with Gasteiger partial charge in [0.2, 0.25) is 17.7 Å². The number of nitrogens with one attached hydrogen (secondary N) is 1. The van der Waals surface area contributed by atoms with Crippen LogP contribution in [0.25, 0.3) is 0 Å². The molecule has 1 aromatic carbocycles. The number of aryl methyl sites for hydroxylation is 1. The minimum absolute atomic E-state index is 0.201. The molecular formula is C15H13N3O4. The molecule has 1 aliphatic heterocycles. The van der Waals surface area contributed by atoms with Gasteiger partial charge in [-0.1, -0.05) is 11.2 Å². The SMILES string of the molecule is Cc1cc(NC(=O)c2cccc(N3C(=O)CCC3=O)c2)on1. The van der Waals surface area contributed by atoms with Gasteiger partial charge < -0.3 is 4.52 Å². The van der Waals surface area contributed by atoms with E-state index in [0.29, 0.717) is 16.9 Å². The van der Waals surface area contributed by atoms with Crippen LogP contribution in [0.4, 0.5) is 11.6 Å². The van der Waals surface area contributed by atoms with Crippen LogP contribution in [0.2, 0.25) is 0 Å². The van der Waals surface area contributed by atoms with Crippen LogP contribution in [0.3, 0.4) is 0 Å². The van der Waals surface area contributed by atoms with E-state index in [1.165, 1.54) is 6.07 Å². The molecule has 0 saturated carbocycles. The van der Waals surface area contributed by atoms with Crippen LogP contribution < -0.4 is 10.2 Å². The maximum Gasteiger partial charge on any atom is 0.258 e. The summed E-state index contributed by atoms with van der Waals surface area (Å²) in [6.45, 7) is 1.74. The minimum Gasteiger partial charge on any atom is -0.338 e. The summed E-state index contributed by atoms with van der Waals surface area (Å²) < 4.78 is 4.92. The number of carbonyl (C=O) groups is 3. The fourth-order valence-corrected chi connectivity index (χ4v) is 2.26. The average Bonchev–Trinajstić information content (AvgIpc) is 3.05. The molecule has 1 aliphatic rings. The molecule has 112 valence electrons. The van der Waals surface area contributed by atoms with Crippen LogP contribution in [0.15, 0.2) is 34.9 Å². The van der Waals surface area contributed by atoms with Crippen LogP contribution in [0.5, 0.6) is 0 Å². The standard InChI is InChI=1S/C15H13N3O4/c1-9-7-12(22-17-9)16-15(21)10-3-2-4-11(8-10)18-13(19)5-6-14(18)20/h2-4,7-8H,5-6H2,1H3,(H,16,21). The van der Waals surface area contributed by atoms with Gasteiger partial charge in [-0.05, 0) is 25.1 Å². The number of anilines is 2. The van der Waals surface area contributed by atoms with E-state index < -0.39 is 5.91 Å². The molecule has 0 bridgehead atoms. The Hall–Kier alpha value is -2.96. The average molecular weight is 299 g/mol. The van der Waals surface area contributed by atoms with E-state index in [-0.39, 0.29) is 30.5 Å². The molecule has 7 heteroatoms. The summed E-state index contributed by atoms with van der Waals surface area (Å²) in [5.74, 6) is -0.680. The number of nitrogens with zero attached hydrogens (tertiary/aromatic N) is 2. The van der Waals surface area contributed by atoms with Crippen molar-refractivity contribution in [1.29, 1.82) is 0 Å². The predicted molar refractivity (Wildman–Crippen MR) is 77.4 cm³/mol. The third-order valence-corrected chi connectivity index (χ3v) is 3.28. The molecule has 0 spiro atoms. The lowest BCUT2D eigenvalue weighted by Gasteiger charge is -2.14. The highest BCUT2D eigenvalue weighted by Crippen LogP contribution is 2.23. The number of rotatable bonds is 3. The third kappa shape index (κ3) is 2.60. The summed E-state index contributed by atoms with van der Waals surface area (Å²) in [5, 5.41) is 6.24. The van der Waals surface area contributed by atoms with E-state index in [9.17, 15) is 14.4 Å². The predicted octanol–water partition coefficient (Wildman–Crippen LogP) is 1.89. The van der Waals surface area contributed by atoms with Gasteiger partial charge in [-0.15, -0.1) is 0 Å². The highest BCUT2D eigenvalue weighted by atomic mass is 16.5. The molecule has 0 unspecified atom stereocenters. The van der Waals surface area contributed by atoms with Crippen molar-refractivity contribution < 1.29 is 18.9 Å². The summed E-state index contributed by atoms with van der Waals surface area (Å²) in [6.07, 6.45) is 0.402. The Bertz CT molecular complexity index is 750. The lowest BCUT2D eigenvalue weighted by molar-refractivity contribution is -0.121. The molecule has 1 aromatic heterocycles. The Morgan fingerprint density at radius 3 is 2.59 bits per heavy atom. The molecule has 0 atom stereocenters. The van der Waals surface area contributed by atoms with Crippen molar-refractivity contribution in [3.05, 3.63) is 41.6 Å². The molecular weight excluding hydrogens is 286 g/mol. The first-order valence-corrected chi connectivity index (χ1v) is 6.75. The first-order chi connectivity index (χ1) is 10.5. The monoisotopic (exact) mass is 299 g/mol. The second kappa shape index (κ2) is 5.44. The van der Waals surface area contributed by atoms with E-state index in [1.807, 2.05) is 0 Å². The highest BCUT2D eigenvalue weighted by Gasteiger charge is 2.30. The second-order valence-electron chi connectivity index (χ2n) is 4.96. The summed E-state index contributed by atoms with van der Waals surface area (Å²) in [7, 11) is 0. The maximum atomic E-state index is 12.2. The zero-order valence-corrected chi connectivity index (χ0v) is 11.8. The Kier molecular flexibility index (Phi) is 3.46. The van der Waals surface area contributed by atoms with Crippen LogP contribution in [0.1, 0.15) is 28.9 Å². The first-order valence-electron chi connectivity index (χ1n) is 6.75. The van der Waals surface area contributed by atoms with E-state index in [2.05, 4.69) is 10.5 Å². The van der Waals surface area contributed by atoms with E-state index in [0.717, 1.165) is 4.90 Å². The number of carbonyl (C=O) groups excluding carboxylic acids is 3. The molecule has 3 rings (SSSR count). The van der Waals surface area contributed by atoms with Gasteiger partial charge in [-0.3, -0.25) is 24.6 Å². The number of benzene rings is 1. The maximum absolute atomic E-state index is 12.2. The van der Waals surface area contributed by atoms with E-state index in [4.69, 9.17) is 4.52 Å². The van der Waals surface area contributed by atoms with Crippen LogP contribution in [-0.2, 0) is 9.59 Å². The van der Waals surface area contributed by atoms with Crippen LogP contribution in [0, 0.1) is 6.92 Å². The summed E-state index contributed by atoms with van der Waals surface area (Å²) in [4.78, 5) is 36.8. The zero-order valence-electron chi connectivity index (χ0n) is 11.8. The van der Waals surface area contributed by atoms with Gasteiger partial charge in [-0.25, -0.2) is 0 Å². The van der Waals surface area contributed by atoms with Gasteiger partial charge in [0.1, 0.15) is 0 Å². The molecule has 0 aliphatic carbocycles. The number of imide groups is 1. The Morgan fingerprint density at radius 1 is 1.23 bits per heavy atom. The van der Waals surface area contributed by atoms with Crippen molar-refractivity contribution in [2.45, 2.75) is 19.8 Å².